The lowest BCUT2D eigenvalue weighted by molar-refractivity contribution is -0.119. The predicted octanol–water partition coefficient (Wildman–Crippen LogP) is 4.80. The molecular weight excluding hydrogens is 418 g/mol. The fraction of sp³-hybridized carbons (Fsp3) is 0.136. The second-order valence-electron chi connectivity index (χ2n) is 6.29. The summed E-state index contributed by atoms with van der Waals surface area (Å²) in [5.41, 5.74) is 1.75. The highest BCUT2D eigenvalue weighted by Crippen LogP contribution is 2.30. The van der Waals surface area contributed by atoms with Crippen molar-refractivity contribution in [3.05, 3.63) is 82.6 Å². The molecule has 0 spiro atoms. The van der Waals surface area contributed by atoms with E-state index in [1.807, 2.05) is 72.1 Å². The van der Waals surface area contributed by atoms with Crippen LogP contribution >= 0.6 is 23.1 Å². The summed E-state index contributed by atoms with van der Waals surface area (Å²) in [7, 11) is 1.59. The van der Waals surface area contributed by atoms with Crippen molar-refractivity contribution < 1.29 is 13.9 Å². The highest BCUT2D eigenvalue weighted by atomic mass is 32.2. The molecule has 4 rings (SSSR count). The molecule has 0 saturated carbocycles. The molecule has 0 unspecified atom stereocenters. The van der Waals surface area contributed by atoms with Crippen LogP contribution in [-0.4, -0.2) is 29.0 Å². The van der Waals surface area contributed by atoms with Crippen molar-refractivity contribution in [1.82, 2.24) is 15.5 Å². The van der Waals surface area contributed by atoms with E-state index in [0.717, 1.165) is 10.4 Å². The third kappa shape index (κ3) is 4.72. The molecule has 6 nitrogen and oxygen atoms in total. The maximum atomic E-state index is 12.6. The van der Waals surface area contributed by atoms with E-state index in [0.29, 0.717) is 22.4 Å². The predicted molar refractivity (Wildman–Crippen MR) is 118 cm³/mol. The molecule has 2 heterocycles. The van der Waals surface area contributed by atoms with E-state index in [-0.39, 0.29) is 17.7 Å². The molecule has 4 aromatic rings. The van der Waals surface area contributed by atoms with Gasteiger partial charge in [-0.1, -0.05) is 60.3 Å². The van der Waals surface area contributed by atoms with Crippen LogP contribution in [0.4, 0.5) is 0 Å². The third-order valence-electron chi connectivity index (χ3n) is 4.34. The topological polar surface area (TPSA) is 77.2 Å². The summed E-state index contributed by atoms with van der Waals surface area (Å²) < 4.78 is 11.0. The Morgan fingerprint density at radius 2 is 1.90 bits per heavy atom. The summed E-state index contributed by atoms with van der Waals surface area (Å²) >= 11 is 2.81. The summed E-state index contributed by atoms with van der Waals surface area (Å²) in [6.07, 6.45) is 0. The first kappa shape index (κ1) is 20.2. The van der Waals surface area contributed by atoms with E-state index in [9.17, 15) is 4.79 Å². The van der Waals surface area contributed by atoms with Crippen molar-refractivity contribution in [3.8, 4) is 17.2 Å². The number of hydrogen-bond acceptors (Lipinski definition) is 7. The fourth-order valence-electron chi connectivity index (χ4n) is 2.95. The average Bonchev–Trinajstić information content (AvgIpc) is 3.49. The minimum atomic E-state index is -0.189. The van der Waals surface area contributed by atoms with Gasteiger partial charge in [0.2, 0.25) is 5.91 Å². The Balaban J connectivity index is 1.42. The van der Waals surface area contributed by atoms with E-state index in [4.69, 9.17) is 9.15 Å². The summed E-state index contributed by atoms with van der Waals surface area (Å²) in [6.45, 7) is 0. The number of thiophene rings is 1. The maximum Gasteiger partial charge on any atom is 0.277 e. The minimum Gasteiger partial charge on any atom is -0.496 e. The van der Waals surface area contributed by atoms with Crippen molar-refractivity contribution in [3.63, 3.8) is 0 Å². The highest BCUT2D eigenvalue weighted by Gasteiger charge is 2.19. The summed E-state index contributed by atoms with van der Waals surface area (Å²) in [5.74, 6) is 1.06. The Morgan fingerprint density at radius 1 is 1.10 bits per heavy atom. The van der Waals surface area contributed by atoms with Gasteiger partial charge in [-0.3, -0.25) is 4.79 Å². The standard InChI is InChI=1S/C22H19N3O3S2/c1-27-17-11-6-5-10-16(17)21-24-25-22(28-21)30-14-19(26)23-20(18-12-7-13-29-18)15-8-3-2-4-9-15/h2-13,20H,14H2,1H3,(H,23,26)/t20-/m1/s1. The average molecular weight is 438 g/mol. The molecule has 0 aliphatic heterocycles. The molecule has 0 radical (unpaired) electrons. The summed E-state index contributed by atoms with van der Waals surface area (Å²) in [6, 6.07) is 21.1. The molecule has 1 amide bonds. The lowest BCUT2D eigenvalue weighted by Crippen LogP contribution is -2.30. The van der Waals surface area contributed by atoms with Gasteiger partial charge in [0, 0.05) is 4.88 Å². The number of carbonyl (C=O) groups is 1. The van der Waals surface area contributed by atoms with E-state index in [1.54, 1.807) is 18.4 Å². The maximum absolute atomic E-state index is 12.6. The normalized spacial score (nSPS) is 11.8. The van der Waals surface area contributed by atoms with Crippen LogP contribution in [0.2, 0.25) is 0 Å². The van der Waals surface area contributed by atoms with Gasteiger partial charge in [0.15, 0.2) is 0 Å². The van der Waals surface area contributed by atoms with E-state index in [2.05, 4.69) is 15.5 Å². The molecule has 30 heavy (non-hydrogen) atoms. The quantitative estimate of drug-likeness (QED) is 0.399. The van der Waals surface area contributed by atoms with Gasteiger partial charge < -0.3 is 14.5 Å². The van der Waals surface area contributed by atoms with E-state index < -0.39 is 0 Å². The number of rotatable bonds is 8. The number of carbonyl (C=O) groups excluding carboxylic acids is 1. The molecular formula is C22H19N3O3S2. The fourth-order valence-corrected chi connectivity index (χ4v) is 4.32. The monoisotopic (exact) mass is 437 g/mol. The molecule has 0 aliphatic rings. The molecule has 152 valence electrons. The van der Waals surface area contributed by atoms with E-state index in [1.165, 1.54) is 11.8 Å². The van der Waals surface area contributed by atoms with Crippen molar-refractivity contribution in [2.75, 3.05) is 12.9 Å². The van der Waals surface area contributed by atoms with Gasteiger partial charge >= 0.3 is 0 Å². The van der Waals surface area contributed by atoms with Crippen LogP contribution in [0.25, 0.3) is 11.5 Å². The number of ether oxygens (including phenoxy) is 1. The number of hydrogen-bond donors (Lipinski definition) is 1. The zero-order valence-corrected chi connectivity index (χ0v) is 17.8. The first-order chi connectivity index (χ1) is 14.7. The highest BCUT2D eigenvalue weighted by molar-refractivity contribution is 7.99. The SMILES string of the molecule is COc1ccccc1-c1nnc(SCC(=O)N[C@H](c2ccccc2)c2cccs2)o1. The molecule has 0 aliphatic carbocycles. The van der Waals surface area contributed by atoms with Crippen LogP contribution in [0, 0.1) is 0 Å². The smallest absolute Gasteiger partial charge is 0.277 e. The number of para-hydroxylation sites is 1. The van der Waals surface area contributed by atoms with Crippen LogP contribution in [-0.2, 0) is 4.79 Å². The van der Waals surface area contributed by atoms with Gasteiger partial charge in [0.25, 0.3) is 11.1 Å². The van der Waals surface area contributed by atoms with Gasteiger partial charge in [0.05, 0.1) is 24.5 Å². The molecule has 1 atom stereocenters. The molecule has 0 fully saturated rings. The molecule has 2 aromatic heterocycles. The molecule has 2 aromatic carbocycles. The van der Waals surface area contributed by atoms with E-state index >= 15 is 0 Å². The summed E-state index contributed by atoms with van der Waals surface area (Å²) in [5, 5.41) is 13.6. The number of amides is 1. The van der Waals surface area contributed by atoms with Crippen LogP contribution in [0.5, 0.6) is 5.75 Å². The number of aromatic nitrogens is 2. The first-order valence-corrected chi connectivity index (χ1v) is 11.1. The first-order valence-electron chi connectivity index (χ1n) is 9.22. The van der Waals surface area contributed by atoms with Crippen LogP contribution in [0.1, 0.15) is 16.5 Å². The zero-order valence-electron chi connectivity index (χ0n) is 16.1. The number of methoxy groups -OCH3 is 1. The molecule has 0 saturated heterocycles. The Bertz CT molecular complexity index is 1100. The third-order valence-corrected chi connectivity index (χ3v) is 6.09. The Kier molecular flexibility index (Phi) is 6.46. The number of nitrogens with zero attached hydrogens (tertiary/aromatic N) is 2. The van der Waals surface area contributed by atoms with Crippen LogP contribution in [0.3, 0.4) is 0 Å². The second kappa shape index (κ2) is 9.60. The minimum absolute atomic E-state index is 0.112. The van der Waals surface area contributed by atoms with Crippen molar-refractivity contribution in [2.24, 2.45) is 0 Å². The lowest BCUT2D eigenvalue weighted by atomic mass is 10.1. The van der Waals surface area contributed by atoms with Crippen LogP contribution < -0.4 is 10.1 Å². The Labute approximate surface area is 182 Å². The largest absolute Gasteiger partial charge is 0.496 e. The molecule has 8 heteroatoms. The molecule has 1 N–H and O–H groups in total. The second-order valence-corrected chi connectivity index (χ2v) is 8.19. The van der Waals surface area contributed by atoms with Crippen LogP contribution in [0.15, 0.2) is 81.8 Å². The van der Waals surface area contributed by atoms with Gasteiger partial charge in [-0.2, -0.15) is 0 Å². The van der Waals surface area contributed by atoms with Crippen molar-refractivity contribution >= 4 is 29.0 Å². The van der Waals surface area contributed by atoms with Crippen molar-refractivity contribution in [1.29, 1.82) is 0 Å². The Hall–Kier alpha value is -3.10. The van der Waals surface area contributed by atoms with Gasteiger partial charge in [-0.15, -0.1) is 21.5 Å². The van der Waals surface area contributed by atoms with Gasteiger partial charge in [-0.25, -0.2) is 0 Å². The molecule has 0 bridgehead atoms. The van der Waals surface area contributed by atoms with Gasteiger partial charge in [-0.05, 0) is 29.1 Å². The number of nitrogens with one attached hydrogen (secondary N) is 1. The Morgan fingerprint density at radius 3 is 2.67 bits per heavy atom. The van der Waals surface area contributed by atoms with Gasteiger partial charge in [0.1, 0.15) is 5.75 Å². The number of thioether (sulfide) groups is 1. The van der Waals surface area contributed by atoms with Crippen molar-refractivity contribution in [2.45, 2.75) is 11.3 Å². The zero-order chi connectivity index (χ0) is 20.8. The summed E-state index contributed by atoms with van der Waals surface area (Å²) in [4.78, 5) is 13.7. The number of benzene rings is 2. The lowest BCUT2D eigenvalue weighted by Gasteiger charge is -2.17.